The molecule has 0 unspecified atom stereocenters. The van der Waals surface area contributed by atoms with Gasteiger partial charge in [0.05, 0.1) is 13.2 Å². The zero-order valence-corrected chi connectivity index (χ0v) is 11.5. The molecule has 1 aromatic rings. The fourth-order valence-corrected chi connectivity index (χ4v) is 1.92. The van der Waals surface area contributed by atoms with Crippen molar-refractivity contribution in [1.82, 2.24) is 15.5 Å². The molecule has 0 bridgehead atoms. The van der Waals surface area contributed by atoms with Crippen molar-refractivity contribution in [2.45, 2.75) is 0 Å². The second-order valence-electron chi connectivity index (χ2n) is 4.49. The number of hydrogen-bond donors (Lipinski definition) is 2. The van der Waals surface area contributed by atoms with Crippen LogP contribution < -0.4 is 15.4 Å². The number of carbonyl (C=O) groups excluding carboxylic acids is 1. The van der Waals surface area contributed by atoms with E-state index in [2.05, 4.69) is 15.5 Å². The molecule has 1 heterocycles. The largest absolute Gasteiger partial charge is 0.473 e. The van der Waals surface area contributed by atoms with E-state index in [1.165, 1.54) is 0 Å². The molecular weight excluding hydrogens is 258 g/mol. The highest BCUT2D eigenvalue weighted by molar-refractivity contribution is 5.73. The number of urea groups is 1. The molecule has 2 rings (SSSR count). The highest BCUT2D eigenvalue weighted by atomic mass is 16.5. The second kappa shape index (κ2) is 8.39. The maximum Gasteiger partial charge on any atom is 0.317 e. The van der Waals surface area contributed by atoms with E-state index < -0.39 is 0 Å². The van der Waals surface area contributed by atoms with Gasteiger partial charge < -0.3 is 20.1 Å². The van der Waals surface area contributed by atoms with Crippen LogP contribution in [0, 0.1) is 0 Å². The van der Waals surface area contributed by atoms with Crippen molar-refractivity contribution in [2.75, 3.05) is 46.1 Å². The van der Waals surface area contributed by atoms with Crippen molar-refractivity contribution in [3.63, 3.8) is 0 Å². The summed E-state index contributed by atoms with van der Waals surface area (Å²) in [5.41, 5.74) is 0. The average molecular weight is 279 g/mol. The summed E-state index contributed by atoms with van der Waals surface area (Å²) < 4.78 is 10.6. The highest BCUT2D eigenvalue weighted by Crippen LogP contribution is 2.06. The summed E-state index contributed by atoms with van der Waals surface area (Å²) in [6, 6.07) is 9.17. The summed E-state index contributed by atoms with van der Waals surface area (Å²) in [5.74, 6) is 0.737. The monoisotopic (exact) mass is 279 g/mol. The lowest BCUT2D eigenvalue weighted by molar-refractivity contribution is 0.0387. The van der Waals surface area contributed by atoms with Crippen molar-refractivity contribution in [3.8, 4) is 5.75 Å². The van der Waals surface area contributed by atoms with Crippen LogP contribution >= 0.6 is 0 Å². The van der Waals surface area contributed by atoms with Crippen LogP contribution in [0.25, 0.3) is 0 Å². The molecule has 1 aliphatic rings. The van der Waals surface area contributed by atoms with Crippen molar-refractivity contribution in [3.05, 3.63) is 30.3 Å². The molecule has 110 valence electrons. The minimum atomic E-state index is -0.214. The van der Waals surface area contributed by atoms with Gasteiger partial charge in [-0.1, -0.05) is 18.2 Å². The Morgan fingerprint density at radius 3 is 2.70 bits per heavy atom. The molecule has 2 N–H and O–H groups in total. The normalized spacial score (nSPS) is 15.6. The lowest BCUT2D eigenvalue weighted by Gasteiger charge is -2.26. The number of morpholine rings is 1. The molecule has 0 radical (unpaired) electrons. The maximum absolute atomic E-state index is 11.5. The predicted molar refractivity (Wildman–Crippen MR) is 75.7 cm³/mol. The van der Waals surface area contributed by atoms with Gasteiger partial charge in [0.15, 0.2) is 6.73 Å². The number of amides is 2. The zero-order chi connectivity index (χ0) is 14.0. The first-order valence-electron chi connectivity index (χ1n) is 6.84. The fourth-order valence-electron chi connectivity index (χ4n) is 1.92. The Labute approximate surface area is 119 Å². The van der Waals surface area contributed by atoms with Crippen LogP contribution in [0.2, 0.25) is 0 Å². The maximum atomic E-state index is 11.5. The minimum absolute atomic E-state index is 0.160. The number of nitrogens with one attached hydrogen (secondary N) is 2. The SMILES string of the molecule is O=C(NCCN1CCOCC1)NCOc1ccccc1. The van der Waals surface area contributed by atoms with Gasteiger partial charge in [0.1, 0.15) is 5.75 Å². The molecule has 1 fully saturated rings. The van der Waals surface area contributed by atoms with Gasteiger partial charge >= 0.3 is 6.03 Å². The number of carbonyl (C=O) groups is 1. The Hall–Kier alpha value is -1.79. The standard InChI is InChI=1S/C14H21N3O3/c18-14(15-6-7-17-8-10-19-11-9-17)16-12-20-13-4-2-1-3-5-13/h1-5H,6-12H2,(H2,15,16,18). The third-order valence-electron chi connectivity index (χ3n) is 3.03. The summed E-state index contributed by atoms with van der Waals surface area (Å²) in [4.78, 5) is 13.8. The van der Waals surface area contributed by atoms with E-state index in [0.717, 1.165) is 38.6 Å². The molecule has 0 saturated carbocycles. The van der Waals surface area contributed by atoms with Gasteiger partial charge in [0.25, 0.3) is 0 Å². The van der Waals surface area contributed by atoms with E-state index in [-0.39, 0.29) is 12.8 Å². The predicted octanol–water partition coefficient (Wildman–Crippen LogP) is 0.654. The van der Waals surface area contributed by atoms with Crippen molar-refractivity contribution in [1.29, 1.82) is 0 Å². The molecule has 0 aromatic heterocycles. The summed E-state index contributed by atoms with van der Waals surface area (Å²) in [6.45, 7) is 5.04. The summed E-state index contributed by atoms with van der Waals surface area (Å²) in [6.07, 6.45) is 0. The highest BCUT2D eigenvalue weighted by Gasteiger charge is 2.09. The molecule has 20 heavy (non-hydrogen) atoms. The molecule has 2 amide bonds. The number of rotatable bonds is 6. The van der Waals surface area contributed by atoms with Crippen LogP contribution in [0.5, 0.6) is 5.75 Å². The summed E-state index contributed by atoms with van der Waals surface area (Å²) >= 11 is 0. The quantitative estimate of drug-likeness (QED) is 0.751. The van der Waals surface area contributed by atoms with Crippen LogP contribution in [0.15, 0.2) is 30.3 Å². The van der Waals surface area contributed by atoms with Gasteiger partial charge in [0.2, 0.25) is 0 Å². The molecule has 0 atom stereocenters. The van der Waals surface area contributed by atoms with Crippen LogP contribution in [-0.2, 0) is 4.74 Å². The van der Waals surface area contributed by atoms with E-state index in [9.17, 15) is 4.79 Å². The smallest absolute Gasteiger partial charge is 0.317 e. The first kappa shape index (κ1) is 14.6. The Balaban J connectivity index is 1.52. The van der Waals surface area contributed by atoms with Crippen LogP contribution in [0.4, 0.5) is 4.79 Å². The van der Waals surface area contributed by atoms with Gasteiger partial charge in [-0.05, 0) is 12.1 Å². The van der Waals surface area contributed by atoms with Gasteiger partial charge in [-0.25, -0.2) is 4.79 Å². The minimum Gasteiger partial charge on any atom is -0.473 e. The molecule has 1 aromatic carbocycles. The number of ether oxygens (including phenoxy) is 2. The lowest BCUT2D eigenvalue weighted by Crippen LogP contribution is -2.44. The van der Waals surface area contributed by atoms with E-state index in [1.807, 2.05) is 30.3 Å². The van der Waals surface area contributed by atoms with Crippen LogP contribution in [0.1, 0.15) is 0 Å². The third-order valence-corrected chi connectivity index (χ3v) is 3.03. The van der Waals surface area contributed by atoms with Gasteiger partial charge in [-0.2, -0.15) is 0 Å². The lowest BCUT2D eigenvalue weighted by atomic mass is 10.3. The van der Waals surface area contributed by atoms with Crippen molar-refractivity contribution < 1.29 is 14.3 Å². The first-order chi connectivity index (χ1) is 9.84. The van der Waals surface area contributed by atoms with Crippen LogP contribution in [0.3, 0.4) is 0 Å². The summed E-state index contributed by atoms with van der Waals surface area (Å²) in [5, 5.41) is 5.46. The second-order valence-corrected chi connectivity index (χ2v) is 4.49. The van der Waals surface area contributed by atoms with Gasteiger partial charge in [-0.15, -0.1) is 0 Å². The van der Waals surface area contributed by atoms with E-state index >= 15 is 0 Å². The van der Waals surface area contributed by atoms with Crippen molar-refractivity contribution >= 4 is 6.03 Å². The topological polar surface area (TPSA) is 62.8 Å². The average Bonchev–Trinajstić information content (AvgIpc) is 2.49. The molecular formula is C14H21N3O3. The van der Waals surface area contributed by atoms with Gasteiger partial charge in [-0.3, -0.25) is 4.90 Å². The fraction of sp³-hybridized carbons (Fsp3) is 0.500. The molecule has 1 saturated heterocycles. The van der Waals surface area contributed by atoms with E-state index in [0.29, 0.717) is 6.54 Å². The van der Waals surface area contributed by atoms with E-state index in [4.69, 9.17) is 9.47 Å². The number of benzene rings is 1. The number of nitrogens with zero attached hydrogens (tertiary/aromatic N) is 1. The molecule has 6 nitrogen and oxygen atoms in total. The van der Waals surface area contributed by atoms with E-state index in [1.54, 1.807) is 0 Å². The Bertz CT molecular complexity index is 394. The molecule has 0 aliphatic carbocycles. The van der Waals surface area contributed by atoms with Gasteiger partial charge in [0, 0.05) is 26.2 Å². The Morgan fingerprint density at radius 2 is 1.95 bits per heavy atom. The molecule has 6 heteroatoms. The summed E-state index contributed by atoms with van der Waals surface area (Å²) in [7, 11) is 0. The van der Waals surface area contributed by atoms with Crippen LogP contribution in [-0.4, -0.2) is 57.1 Å². The molecule has 0 spiro atoms. The zero-order valence-electron chi connectivity index (χ0n) is 11.5. The Morgan fingerprint density at radius 1 is 1.20 bits per heavy atom. The van der Waals surface area contributed by atoms with Crippen molar-refractivity contribution in [2.24, 2.45) is 0 Å². The number of hydrogen-bond acceptors (Lipinski definition) is 4. The third kappa shape index (κ3) is 5.46. The Kier molecular flexibility index (Phi) is 6.13. The first-order valence-corrected chi connectivity index (χ1v) is 6.84. The molecule has 1 aliphatic heterocycles. The number of para-hydroxylation sites is 1.